The van der Waals surface area contributed by atoms with Crippen molar-refractivity contribution in [2.45, 2.75) is 32.7 Å². The third kappa shape index (κ3) is 4.28. The van der Waals surface area contributed by atoms with E-state index in [9.17, 15) is 14.4 Å². The van der Waals surface area contributed by atoms with Crippen molar-refractivity contribution in [3.8, 4) is 11.4 Å². The van der Waals surface area contributed by atoms with Crippen molar-refractivity contribution in [3.63, 3.8) is 0 Å². The number of hydrogen-bond acceptors (Lipinski definition) is 6. The van der Waals surface area contributed by atoms with Crippen LogP contribution >= 0.6 is 0 Å². The smallest absolute Gasteiger partial charge is 0.342 e. The van der Waals surface area contributed by atoms with E-state index in [1.54, 1.807) is 23.3 Å². The Hall–Kier alpha value is -4.27. The molecular formula is C27H27N5O4. The van der Waals surface area contributed by atoms with E-state index in [1.807, 2.05) is 54.6 Å². The number of carbonyl (C=O) groups excluding carboxylic acids is 2. The lowest BCUT2D eigenvalue weighted by atomic mass is 10.0. The number of ether oxygens (including phenoxy) is 1. The van der Waals surface area contributed by atoms with E-state index >= 15 is 0 Å². The highest BCUT2D eigenvalue weighted by Crippen LogP contribution is 2.27. The van der Waals surface area contributed by atoms with Gasteiger partial charge in [0.05, 0.1) is 23.3 Å². The van der Waals surface area contributed by atoms with Crippen molar-refractivity contribution in [1.29, 1.82) is 0 Å². The average Bonchev–Trinajstić information content (AvgIpc) is 3.24. The van der Waals surface area contributed by atoms with E-state index in [0.717, 1.165) is 16.6 Å². The van der Waals surface area contributed by atoms with Crippen LogP contribution in [0.15, 0.2) is 59.4 Å². The molecule has 0 saturated carbocycles. The number of imidazole rings is 1. The quantitative estimate of drug-likeness (QED) is 0.431. The van der Waals surface area contributed by atoms with Gasteiger partial charge in [0.1, 0.15) is 11.3 Å². The second kappa shape index (κ2) is 9.77. The van der Waals surface area contributed by atoms with Gasteiger partial charge >= 0.3 is 11.7 Å². The Morgan fingerprint density at radius 1 is 1.03 bits per heavy atom. The largest absolute Gasteiger partial charge is 0.462 e. The van der Waals surface area contributed by atoms with Gasteiger partial charge in [-0.25, -0.2) is 19.6 Å². The summed E-state index contributed by atoms with van der Waals surface area (Å²) in [6.07, 6.45) is 1.22. The first-order chi connectivity index (χ1) is 17.5. The van der Waals surface area contributed by atoms with E-state index in [2.05, 4.69) is 15.0 Å². The normalized spacial score (nSPS) is 14.2. The number of para-hydroxylation sites is 2. The van der Waals surface area contributed by atoms with Gasteiger partial charge in [0, 0.05) is 24.7 Å². The number of likely N-dealkylation sites (tertiary alicyclic amines) is 1. The molecular weight excluding hydrogens is 458 g/mol. The molecule has 1 N–H and O–H groups in total. The Kier molecular flexibility index (Phi) is 6.37. The van der Waals surface area contributed by atoms with Crippen LogP contribution in [0.5, 0.6) is 0 Å². The molecule has 0 bridgehead atoms. The number of nitrogens with zero attached hydrogens (tertiary/aromatic N) is 4. The first kappa shape index (κ1) is 23.5. The lowest BCUT2D eigenvalue weighted by Gasteiger charge is -2.32. The molecule has 0 radical (unpaired) electrons. The second-order valence-electron chi connectivity index (χ2n) is 8.78. The Morgan fingerprint density at radius 2 is 1.72 bits per heavy atom. The number of amides is 1. The molecule has 3 heterocycles. The van der Waals surface area contributed by atoms with Crippen molar-refractivity contribution in [2.24, 2.45) is 0 Å². The first-order valence-corrected chi connectivity index (χ1v) is 12.1. The molecule has 1 aliphatic heterocycles. The summed E-state index contributed by atoms with van der Waals surface area (Å²) in [5.74, 6) is -0.576. The fourth-order valence-corrected chi connectivity index (χ4v) is 4.81. The van der Waals surface area contributed by atoms with E-state index in [1.165, 1.54) is 0 Å². The number of carbonyl (C=O) groups is 2. The third-order valence-electron chi connectivity index (χ3n) is 6.54. The maximum absolute atomic E-state index is 13.7. The highest BCUT2D eigenvalue weighted by atomic mass is 16.5. The molecule has 5 rings (SSSR count). The summed E-state index contributed by atoms with van der Waals surface area (Å²) in [5, 5.41) is 0. The van der Waals surface area contributed by atoms with Crippen molar-refractivity contribution in [3.05, 3.63) is 82.0 Å². The topological polar surface area (TPSA) is 110 Å². The van der Waals surface area contributed by atoms with Gasteiger partial charge in [-0.05, 0) is 38.8 Å². The second-order valence-corrected chi connectivity index (χ2v) is 8.78. The number of aromatic amines is 1. The lowest BCUT2D eigenvalue weighted by Crippen LogP contribution is -2.41. The van der Waals surface area contributed by atoms with Crippen LogP contribution in [0, 0.1) is 6.92 Å². The number of piperidine rings is 1. The fraction of sp³-hybridized carbons (Fsp3) is 0.296. The van der Waals surface area contributed by atoms with E-state index in [4.69, 9.17) is 4.74 Å². The van der Waals surface area contributed by atoms with Crippen molar-refractivity contribution in [1.82, 2.24) is 24.4 Å². The van der Waals surface area contributed by atoms with Crippen molar-refractivity contribution >= 4 is 22.9 Å². The number of benzene rings is 2. The van der Waals surface area contributed by atoms with Gasteiger partial charge in [-0.2, -0.15) is 0 Å². The van der Waals surface area contributed by atoms with Crippen LogP contribution in [0.2, 0.25) is 0 Å². The predicted octanol–water partition coefficient (Wildman–Crippen LogP) is 3.75. The highest BCUT2D eigenvalue weighted by molar-refractivity contribution is 6.05. The minimum absolute atomic E-state index is 0.0331. The summed E-state index contributed by atoms with van der Waals surface area (Å²) in [5.41, 5.74) is 2.79. The van der Waals surface area contributed by atoms with Gasteiger partial charge in [-0.1, -0.05) is 42.5 Å². The minimum atomic E-state index is -0.613. The van der Waals surface area contributed by atoms with Crippen LogP contribution in [-0.4, -0.2) is 56.0 Å². The lowest BCUT2D eigenvalue weighted by molar-refractivity contribution is 0.0512. The standard InChI is InChI=1S/C27H27N5O4/c1-3-36-26(34)22-17(2)28-24(18-9-5-4-6-10-18)30-23(22)25(33)31-15-13-19(14-16-31)32-21-12-8-7-11-20(21)29-27(32)35/h4-12,19H,3,13-16H2,1-2H3,(H,29,35). The Bertz CT molecular complexity index is 1480. The number of H-pyrrole nitrogens is 1. The summed E-state index contributed by atoms with van der Waals surface area (Å²) in [4.78, 5) is 52.7. The number of fused-ring (bicyclic) bond motifs is 1. The molecule has 9 heteroatoms. The molecule has 0 spiro atoms. The molecule has 184 valence electrons. The molecule has 9 nitrogen and oxygen atoms in total. The zero-order chi connectivity index (χ0) is 25.2. The summed E-state index contributed by atoms with van der Waals surface area (Å²) < 4.78 is 7.00. The Balaban J connectivity index is 1.44. The van der Waals surface area contributed by atoms with Crippen LogP contribution in [0.3, 0.4) is 0 Å². The van der Waals surface area contributed by atoms with Crippen molar-refractivity contribution in [2.75, 3.05) is 19.7 Å². The monoisotopic (exact) mass is 485 g/mol. The number of aromatic nitrogens is 4. The molecule has 0 aliphatic carbocycles. The number of rotatable bonds is 5. The molecule has 2 aromatic heterocycles. The van der Waals surface area contributed by atoms with Gasteiger partial charge in [0.15, 0.2) is 5.82 Å². The molecule has 1 saturated heterocycles. The van der Waals surface area contributed by atoms with Crippen LogP contribution in [0.25, 0.3) is 22.4 Å². The summed E-state index contributed by atoms with van der Waals surface area (Å²) in [7, 11) is 0. The zero-order valence-corrected chi connectivity index (χ0v) is 20.2. The number of esters is 1. The van der Waals surface area contributed by atoms with Gasteiger partial charge in [-0.15, -0.1) is 0 Å². The van der Waals surface area contributed by atoms with Gasteiger partial charge in [-0.3, -0.25) is 9.36 Å². The van der Waals surface area contributed by atoms with E-state index < -0.39 is 5.97 Å². The van der Waals surface area contributed by atoms with E-state index in [-0.39, 0.29) is 35.5 Å². The van der Waals surface area contributed by atoms with Crippen LogP contribution in [0.4, 0.5) is 0 Å². The first-order valence-electron chi connectivity index (χ1n) is 12.1. The van der Waals surface area contributed by atoms with Crippen LogP contribution in [0.1, 0.15) is 52.3 Å². The Labute approximate surface area is 207 Å². The van der Waals surface area contributed by atoms with Gasteiger partial charge in [0.25, 0.3) is 5.91 Å². The molecule has 2 aromatic carbocycles. The van der Waals surface area contributed by atoms with Crippen LogP contribution in [-0.2, 0) is 4.74 Å². The predicted molar refractivity (Wildman–Crippen MR) is 135 cm³/mol. The summed E-state index contributed by atoms with van der Waals surface area (Å²) >= 11 is 0. The number of aryl methyl sites for hydroxylation is 1. The maximum Gasteiger partial charge on any atom is 0.342 e. The molecule has 4 aromatic rings. The summed E-state index contributed by atoms with van der Waals surface area (Å²) in [6, 6.07) is 16.9. The number of nitrogens with one attached hydrogen (secondary N) is 1. The van der Waals surface area contributed by atoms with Crippen LogP contribution < -0.4 is 5.69 Å². The maximum atomic E-state index is 13.7. The fourth-order valence-electron chi connectivity index (χ4n) is 4.81. The highest BCUT2D eigenvalue weighted by Gasteiger charge is 2.31. The molecule has 0 atom stereocenters. The molecule has 36 heavy (non-hydrogen) atoms. The summed E-state index contributed by atoms with van der Waals surface area (Å²) in [6.45, 7) is 4.44. The SMILES string of the molecule is CCOC(=O)c1c(C)nc(-c2ccccc2)nc1C(=O)N1CCC(n2c(=O)[nH]c3ccccc32)CC1. The molecule has 1 amide bonds. The average molecular weight is 486 g/mol. The van der Waals surface area contributed by atoms with E-state index in [0.29, 0.717) is 37.4 Å². The third-order valence-corrected chi connectivity index (χ3v) is 6.54. The zero-order valence-electron chi connectivity index (χ0n) is 20.2. The Morgan fingerprint density at radius 3 is 2.44 bits per heavy atom. The van der Waals surface area contributed by atoms with Gasteiger partial charge < -0.3 is 14.6 Å². The molecule has 1 fully saturated rings. The molecule has 1 aliphatic rings. The number of hydrogen-bond donors (Lipinski definition) is 1. The van der Waals surface area contributed by atoms with Gasteiger partial charge in [0.2, 0.25) is 0 Å². The minimum Gasteiger partial charge on any atom is -0.462 e. The molecule has 0 unspecified atom stereocenters. The van der Waals surface area contributed by atoms with Crippen molar-refractivity contribution < 1.29 is 14.3 Å².